The van der Waals surface area contributed by atoms with Crippen LogP contribution >= 0.6 is 0 Å². The standard InChI is InChI=1S/C14H17N3O/c1-4-16-13(15)9-11(3)14(18)17-12-7-5-6-10(2)8-12/h4-9H,3,15H2,1-2H3,(H,17,18)/b13-9-,16-4?. The molecule has 0 aliphatic heterocycles. The summed E-state index contributed by atoms with van der Waals surface area (Å²) in [6.07, 6.45) is 2.99. The number of aryl methyl sites for hydroxylation is 1. The number of anilines is 1. The SMILES string of the molecule is C=C(/C=C(/N)N=CC)C(=O)Nc1cccc(C)c1. The molecule has 1 aromatic rings. The number of nitrogens with two attached hydrogens (primary N) is 1. The molecule has 0 aliphatic rings. The van der Waals surface area contributed by atoms with E-state index in [1.54, 1.807) is 13.1 Å². The number of carbonyl (C=O) groups is 1. The van der Waals surface area contributed by atoms with Crippen LogP contribution in [-0.4, -0.2) is 12.1 Å². The second-order valence-electron chi connectivity index (χ2n) is 3.81. The Bertz CT molecular complexity index is 516. The minimum Gasteiger partial charge on any atom is -0.384 e. The third-order valence-electron chi connectivity index (χ3n) is 2.17. The molecule has 1 amide bonds. The van der Waals surface area contributed by atoms with E-state index in [1.165, 1.54) is 6.08 Å². The van der Waals surface area contributed by atoms with Crippen molar-refractivity contribution in [1.29, 1.82) is 0 Å². The minimum atomic E-state index is -0.296. The fourth-order valence-corrected chi connectivity index (χ4v) is 1.36. The zero-order chi connectivity index (χ0) is 13.5. The molecule has 0 bridgehead atoms. The topological polar surface area (TPSA) is 67.5 Å². The number of hydrogen-bond donors (Lipinski definition) is 2. The second-order valence-corrected chi connectivity index (χ2v) is 3.81. The second kappa shape index (κ2) is 6.39. The average molecular weight is 243 g/mol. The van der Waals surface area contributed by atoms with Gasteiger partial charge in [0.2, 0.25) is 0 Å². The molecule has 4 heteroatoms. The monoisotopic (exact) mass is 243 g/mol. The molecule has 94 valence electrons. The average Bonchev–Trinajstić information content (AvgIpc) is 2.29. The number of amides is 1. The number of benzene rings is 1. The number of aliphatic imine (C=N–C) groups is 1. The molecule has 0 atom stereocenters. The van der Waals surface area contributed by atoms with Crippen LogP contribution in [0.2, 0.25) is 0 Å². The Kier molecular flexibility index (Phi) is 4.87. The number of hydrogen-bond acceptors (Lipinski definition) is 3. The molecule has 0 saturated carbocycles. The van der Waals surface area contributed by atoms with Gasteiger partial charge in [-0.25, -0.2) is 4.99 Å². The van der Waals surface area contributed by atoms with Crippen molar-refractivity contribution in [1.82, 2.24) is 0 Å². The molecule has 0 aliphatic carbocycles. The molecular formula is C14H17N3O. The van der Waals surface area contributed by atoms with Gasteiger partial charge in [-0.1, -0.05) is 18.7 Å². The van der Waals surface area contributed by atoms with Gasteiger partial charge in [-0.15, -0.1) is 0 Å². The van der Waals surface area contributed by atoms with Gasteiger partial charge in [-0.3, -0.25) is 4.79 Å². The van der Waals surface area contributed by atoms with Gasteiger partial charge in [0.25, 0.3) is 5.91 Å². The molecule has 0 radical (unpaired) electrons. The van der Waals surface area contributed by atoms with E-state index in [-0.39, 0.29) is 17.3 Å². The van der Waals surface area contributed by atoms with Crippen LogP contribution in [0.15, 0.2) is 53.3 Å². The van der Waals surface area contributed by atoms with Gasteiger partial charge in [0.1, 0.15) is 5.82 Å². The predicted molar refractivity (Wildman–Crippen MR) is 75.4 cm³/mol. The Labute approximate surface area is 107 Å². The summed E-state index contributed by atoms with van der Waals surface area (Å²) in [6.45, 7) is 7.36. The molecular weight excluding hydrogens is 226 g/mol. The normalized spacial score (nSPS) is 11.6. The maximum atomic E-state index is 11.8. The van der Waals surface area contributed by atoms with E-state index >= 15 is 0 Å². The van der Waals surface area contributed by atoms with E-state index in [9.17, 15) is 4.79 Å². The van der Waals surface area contributed by atoms with E-state index in [1.807, 2.05) is 31.2 Å². The van der Waals surface area contributed by atoms with Crippen molar-refractivity contribution in [3.63, 3.8) is 0 Å². The van der Waals surface area contributed by atoms with E-state index < -0.39 is 0 Å². The van der Waals surface area contributed by atoms with Crippen molar-refractivity contribution < 1.29 is 4.79 Å². The number of rotatable bonds is 4. The van der Waals surface area contributed by atoms with Crippen LogP contribution in [0.5, 0.6) is 0 Å². The predicted octanol–water partition coefficient (Wildman–Crippen LogP) is 2.38. The minimum absolute atomic E-state index is 0.252. The van der Waals surface area contributed by atoms with Gasteiger partial charge in [-0.05, 0) is 37.6 Å². The molecule has 1 aromatic carbocycles. The van der Waals surface area contributed by atoms with Crippen LogP contribution in [0.3, 0.4) is 0 Å². The highest BCUT2D eigenvalue weighted by molar-refractivity contribution is 6.05. The highest BCUT2D eigenvalue weighted by atomic mass is 16.1. The zero-order valence-corrected chi connectivity index (χ0v) is 10.6. The maximum Gasteiger partial charge on any atom is 0.255 e. The molecule has 0 saturated heterocycles. The Morgan fingerprint density at radius 1 is 1.50 bits per heavy atom. The first-order valence-corrected chi connectivity index (χ1v) is 5.55. The van der Waals surface area contributed by atoms with Crippen molar-refractivity contribution in [3.05, 3.63) is 53.9 Å². The quantitative estimate of drug-likeness (QED) is 0.484. The first-order chi connectivity index (χ1) is 8.52. The lowest BCUT2D eigenvalue weighted by atomic mass is 10.2. The molecule has 0 spiro atoms. The first kappa shape index (κ1) is 13.7. The molecule has 0 aromatic heterocycles. The summed E-state index contributed by atoms with van der Waals surface area (Å²) in [4.78, 5) is 15.6. The summed E-state index contributed by atoms with van der Waals surface area (Å²) in [5, 5.41) is 2.74. The highest BCUT2D eigenvalue weighted by Gasteiger charge is 2.05. The van der Waals surface area contributed by atoms with Gasteiger partial charge in [0.15, 0.2) is 0 Å². The Morgan fingerprint density at radius 3 is 2.83 bits per heavy atom. The summed E-state index contributed by atoms with van der Waals surface area (Å²) < 4.78 is 0. The summed E-state index contributed by atoms with van der Waals surface area (Å²) >= 11 is 0. The zero-order valence-electron chi connectivity index (χ0n) is 10.6. The number of nitrogens with zero attached hydrogens (tertiary/aromatic N) is 1. The summed E-state index contributed by atoms with van der Waals surface area (Å²) in [5.41, 5.74) is 7.63. The van der Waals surface area contributed by atoms with Crippen LogP contribution in [0.1, 0.15) is 12.5 Å². The van der Waals surface area contributed by atoms with Crippen LogP contribution in [0, 0.1) is 6.92 Å². The first-order valence-electron chi connectivity index (χ1n) is 5.55. The fraction of sp³-hybridized carbons (Fsp3) is 0.143. The largest absolute Gasteiger partial charge is 0.384 e. The molecule has 0 heterocycles. The highest BCUT2D eigenvalue weighted by Crippen LogP contribution is 2.11. The van der Waals surface area contributed by atoms with E-state index in [0.717, 1.165) is 11.3 Å². The van der Waals surface area contributed by atoms with Crippen LogP contribution < -0.4 is 11.1 Å². The Morgan fingerprint density at radius 2 is 2.22 bits per heavy atom. The van der Waals surface area contributed by atoms with Gasteiger partial charge in [-0.2, -0.15) is 0 Å². The summed E-state index contributed by atoms with van der Waals surface area (Å²) in [7, 11) is 0. The molecule has 0 fully saturated rings. The maximum absolute atomic E-state index is 11.8. The molecule has 0 unspecified atom stereocenters. The van der Waals surface area contributed by atoms with Crippen molar-refractivity contribution in [2.75, 3.05) is 5.32 Å². The van der Waals surface area contributed by atoms with Crippen LogP contribution in [-0.2, 0) is 4.79 Å². The van der Waals surface area contributed by atoms with Crippen LogP contribution in [0.4, 0.5) is 5.69 Å². The van der Waals surface area contributed by atoms with E-state index in [2.05, 4.69) is 16.9 Å². The smallest absolute Gasteiger partial charge is 0.255 e. The summed E-state index contributed by atoms with van der Waals surface area (Å²) in [6, 6.07) is 7.52. The lowest BCUT2D eigenvalue weighted by Gasteiger charge is -2.05. The van der Waals surface area contributed by atoms with Crippen molar-refractivity contribution in [2.45, 2.75) is 13.8 Å². The van der Waals surface area contributed by atoms with Gasteiger partial charge < -0.3 is 11.1 Å². The van der Waals surface area contributed by atoms with Crippen molar-refractivity contribution >= 4 is 17.8 Å². The summed E-state index contributed by atoms with van der Waals surface area (Å²) in [5.74, 6) is -0.0447. The van der Waals surface area contributed by atoms with Crippen molar-refractivity contribution in [3.8, 4) is 0 Å². The van der Waals surface area contributed by atoms with E-state index in [4.69, 9.17) is 5.73 Å². The molecule has 3 N–H and O–H groups in total. The third kappa shape index (κ3) is 4.25. The van der Waals surface area contributed by atoms with Crippen molar-refractivity contribution in [2.24, 2.45) is 10.7 Å². The van der Waals surface area contributed by atoms with Gasteiger partial charge >= 0.3 is 0 Å². The third-order valence-corrected chi connectivity index (χ3v) is 2.17. The van der Waals surface area contributed by atoms with Crippen LogP contribution in [0.25, 0.3) is 0 Å². The number of nitrogens with one attached hydrogen (secondary N) is 1. The molecule has 18 heavy (non-hydrogen) atoms. The fourth-order valence-electron chi connectivity index (χ4n) is 1.36. The van der Waals surface area contributed by atoms with E-state index in [0.29, 0.717) is 0 Å². The van der Waals surface area contributed by atoms with Gasteiger partial charge in [0.05, 0.1) is 0 Å². The lowest BCUT2D eigenvalue weighted by molar-refractivity contribution is -0.112. The Hall–Kier alpha value is -2.36. The molecule has 4 nitrogen and oxygen atoms in total. The van der Waals surface area contributed by atoms with Gasteiger partial charge in [0, 0.05) is 17.5 Å². The lowest BCUT2D eigenvalue weighted by Crippen LogP contribution is -2.13. The number of carbonyl (C=O) groups excluding carboxylic acids is 1. The Balaban J connectivity index is 2.72. The molecule has 1 rings (SSSR count).